The third-order valence-corrected chi connectivity index (χ3v) is 4.15. The Labute approximate surface area is 114 Å². The first-order valence-electron chi connectivity index (χ1n) is 6.16. The van der Waals surface area contributed by atoms with Gasteiger partial charge in [0.2, 0.25) is 0 Å². The molecule has 0 spiro atoms. The van der Waals surface area contributed by atoms with Crippen LogP contribution < -0.4 is 0 Å². The predicted molar refractivity (Wildman–Crippen MR) is 72.5 cm³/mol. The number of benzene rings is 1. The largest absolute Gasteiger partial charge is 0.416 e. The van der Waals surface area contributed by atoms with Crippen LogP contribution in [0.5, 0.6) is 0 Å². The fraction of sp³-hybridized carbons (Fsp3) is 0.333. The number of alkyl halides is 3. The molecule has 1 heterocycles. The van der Waals surface area contributed by atoms with Crippen LogP contribution in [0.3, 0.4) is 0 Å². The van der Waals surface area contributed by atoms with Crippen molar-refractivity contribution in [1.29, 1.82) is 0 Å². The number of rotatable bonds is 4. The molecule has 2 rings (SSSR count). The van der Waals surface area contributed by atoms with E-state index in [0.717, 1.165) is 30.5 Å². The summed E-state index contributed by atoms with van der Waals surface area (Å²) in [7, 11) is 0. The van der Waals surface area contributed by atoms with Crippen LogP contribution in [0.1, 0.15) is 35.3 Å². The smallest absolute Gasteiger partial charge is 0.166 e. The van der Waals surface area contributed by atoms with Crippen LogP contribution in [-0.4, -0.2) is 0 Å². The van der Waals surface area contributed by atoms with Gasteiger partial charge >= 0.3 is 6.18 Å². The first-order valence-corrected chi connectivity index (χ1v) is 7.04. The molecule has 1 aromatic heterocycles. The lowest BCUT2D eigenvalue weighted by Gasteiger charge is -2.13. The third-order valence-electron chi connectivity index (χ3n) is 3.21. The predicted octanol–water partition coefficient (Wildman–Crippen LogP) is 5.50. The summed E-state index contributed by atoms with van der Waals surface area (Å²) in [5.74, 6) is 0.268. The number of hydrogen-bond donors (Lipinski definition) is 0. The molecular weight excluding hydrogens is 269 g/mol. The average Bonchev–Trinajstić information content (AvgIpc) is 2.88. The lowest BCUT2D eigenvalue weighted by atomic mass is 9.95. The Morgan fingerprint density at radius 1 is 1.11 bits per heavy atom. The van der Waals surface area contributed by atoms with Crippen molar-refractivity contribution in [3.8, 4) is 0 Å². The summed E-state index contributed by atoms with van der Waals surface area (Å²) >= 11 is 1.72. The van der Waals surface area contributed by atoms with Gasteiger partial charge in [-0.25, -0.2) is 0 Å². The van der Waals surface area contributed by atoms with E-state index in [2.05, 4.69) is 13.0 Å². The van der Waals surface area contributed by atoms with Crippen LogP contribution >= 0.6 is 11.3 Å². The van der Waals surface area contributed by atoms with Crippen molar-refractivity contribution >= 4 is 11.3 Å². The van der Waals surface area contributed by atoms with E-state index in [-0.39, 0.29) is 5.92 Å². The highest BCUT2D eigenvalue weighted by Crippen LogP contribution is 2.31. The second kappa shape index (κ2) is 5.78. The fourth-order valence-corrected chi connectivity index (χ4v) is 2.71. The Bertz CT molecular complexity index is 497. The van der Waals surface area contributed by atoms with Gasteiger partial charge < -0.3 is 0 Å². The number of hydrogen-bond acceptors (Lipinski definition) is 1. The molecule has 4 heteroatoms. The molecule has 0 radical (unpaired) electrons. The topological polar surface area (TPSA) is 0 Å². The van der Waals surface area contributed by atoms with Crippen LogP contribution in [0.15, 0.2) is 41.8 Å². The third kappa shape index (κ3) is 3.83. The second-order valence-electron chi connectivity index (χ2n) is 4.64. The van der Waals surface area contributed by atoms with Gasteiger partial charge in [0.05, 0.1) is 5.56 Å². The summed E-state index contributed by atoms with van der Waals surface area (Å²) in [6.07, 6.45) is -2.33. The molecule has 1 unspecified atom stereocenters. The van der Waals surface area contributed by atoms with Gasteiger partial charge in [0, 0.05) is 4.88 Å². The average molecular weight is 284 g/mol. The van der Waals surface area contributed by atoms with Crippen LogP contribution in [0.2, 0.25) is 0 Å². The molecule has 0 aliphatic carbocycles. The van der Waals surface area contributed by atoms with Crippen molar-refractivity contribution in [3.63, 3.8) is 0 Å². The van der Waals surface area contributed by atoms with Crippen molar-refractivity contribution in [1.82, 2.24) is 0 Å². The van der Waals surface area contributed by atoms with Crippen molar-refractivity contribution in [3.05, 3.63) is 57.8 Å². The fourth-order valence-electron chi connectivity index (χ4n) is 1.98. The first kappa shape index (κ1) is 14.1. The maximum atomic E-state index is 12.5. The van der Waals surface area contributed by atoms with E-state index < -0.39 is 11.7 Å². The quantitative estimate of drug-likeness (QED) is 0.695. The lowest BCUT2D eigenvalue weighted by Crippen LogP contribution is -2.05. The van der Waals surface area contributed by atoms with Gasteiger partial charge in [-0.1, -0.05) is 25.1 Å². The highest BCUT2D eigenvalue weighted by Gasteiger charge is 2.30. The molecule has 1 atom stereocenters. The maximum Gasteiger partial charge on any atom is 0.416 e. The van der Waals surface area contributed by atoms with Gasteiger partial charge in [-0.15, -0.1) is 11.3 Å². The minimum atomic E-state index is -4.25. The standard InChI is InChI=1S/C15H15F3S/c1-11(4-9-14-3-2-10-19-14)12-5-7-13(8-6-12)15(16,17)18/h2-3,5-8,10-11H,4,9H2,1H3. The lowest BCUT2D eigenvalue weighted by molar-refractivity contribution is -0.137. The second-order valence-corrected chi connectivity index (χ2v) is 5.67. The van der Waals surface area contributed by atoms with Crippen molar-refractivity contribution < 1.29 is 13.2 Å². The Kier molecular flexibility index (Phi) is 4.30. The van der Waals surface area contributed by atoms with E-state index in [0.29, 0.717) is 0 Å². The van der Waals surface area contributed by atoms with E-state index in [1.54, 1.807) is 23.5 Å². The summed E-state index contributed by atoms with van der Waals surface area (Å²) in [6, 6.07) is 9.60. The maximum absolute atomic E-state index is 12.5. The molecule has 0 saturated heterocycles. The monoisotopic (exact) mass is 284 g/mol. The van der Waals surface area contributed by atoms with E-state index in [4.69, 9.17) is 0 Å². The minimum Gasteiger partial charge on any atom is -0.166 e. The zero-order valence-electron chi connectivity index (χ0n) is 10.6. The number of halogens is 3. The van der Waals surface area contributed by atoms with Crippen molar-refractivity contribution in [2.24, 2.45) is 0 Å². The summed E-state index contributed by atoms with van der Waals surface area (Å²) in [5.41, 5.74) is 0.381. The molecule has 0 saturated carbocycles. The Morgan fingerprint density at radius 3 is 2.32 bits per heavy atom. The van der Waals surface area contributed by atoms with Crippen LogP contribution in [-0.2, 0) is 12.6 Å². The Morgan fingerprint density at radius 2 is 1.79 bits per heavy atom. The molecule has 0 nitrogen and oxygen atoms in total. The van der Waals surface area contributed by atoms with E-state index >= 15 is 0 Å². The van der Waals surface area contributed by atoms with Crippen LogP contribution in [0.25, 0.3) is 0 Å². The molecule has 2 aromatic rings. The van der Waals surface area contributed by atoms with Gasteiger partial charge in [-0.2, -0.15) is 13.2 Å². The highest BCUT2D eigenvalue weighted by atomic mass is 32.1. The normalized spacial score (nSPS) is 13.5. The molecule has 1 aromatic carbocycles. The van der Waals surface area contributed by atoms with Crippen molar-refractivity contribution in [2.75, 3.05) is 0 Å². The zero-order chi connectivity index (χ0) is 13.9. The highest BCUT2D eigenvalue weighted by molar-refractivity contribution is 7.09. The molecule has 102 valence electrons. The number of thiophene rings is 1. The molecule has 0 amide bonds. The molecule has 0 bridgehead atoms. The van der Waals surface area contributed by atoms with Gasteiger partial charge in [0.15, 0.2) is 0 Å². The molecule has 0 fully saturated rings. The molecule has 0 aliphatic heterocycles. The van der Waals surface area contributed by atoms with E-state index in [1.807, 2.05) is 11.4 Å². The van der Waals surface area contributed by atoms with E-state index in [9.17, 15) is 13.2 Å². The SMILES string of the molecule is CC(CCc1cccs1)c1ccc(C(F)(F)F)cc1. The first-order chi connectivity index (χ1) is 8.97. The number of aryl methyl sites for hydroxylation is 1. The Hall–Kier alpha value is -1.29. The molecular formula is C15H15F3S. The molecule has 0 N–H and O–H groups in total. The van der Waals surface area contributed by atoms with Crippen molar-refractivity contribution in [2.45, 2.75) is 31.9 Å². The summed E-state index contributed by atoms with van der Waals surface area (Å²) in [6.45, 7) is 2.05. The zero-order valence-corrected chi connectivity index (χ0v) is 11.4. The Balaban J connectivity index is 1.97. The summed E-state index contributed by atoms with van der Waals surface area (Å²) in [4.78, 5) is 1.32. The van der Waals surface area contributed by atoms with Crippen LogP contribution in [0, 0.1) is 0 Å². The van der Waals surface area contributed by atoms with E-state index in [1.165, 1.54) is 4.88 Å². The van der Waals surface area contributed by atoms with Gasteiger partial charge in [-0.05, 0) is 47.9 Å². The molecule has 19 heavy (non-hydrogen) atoms. The van der Waals surface area contributed by atoms with Gasteiger partial charge in [0.25, 0.3) is 0 Å². The van der Waals surface area contributed by atoms with Gasteiger partial charge in [-0.3, -0.25) is 0 Å². The summed E-state index contributed by atoms with van der Waals surface area (Å²) in [5, 5.41) is 2.04. The summed E-state index contributed by atoms with van der Waals surface area (Å²) < 4.78 is 37.4. The molecule has 0 aliphatic rings. The van der Waals surface area contributed by atoms with Gasteiger partial charge in [0.1, 0.15) is 0 Å². The van der Waals surface area contributed by atoms with Crippen LogP contribution in [0.4, 0.5) is 13.2 Å². The minimum absolute atomic E-state index is 0.268.